The van der Waals surface area contributed by atoms with E-state index in [1.54, 1.807) is 30.0 Å². The largest absolute Gasteiger partial charge is 0.492 e. The number of methoxy groups -OCH3 is 1. The van der Waals surface area contributed by atoms with Crippen LogP contribution in [-0.2, 0) is 20.7 Å². The predicted molar refractivity (Wildman–Crippen MR) is 116 cm³/mol. The molecule has 0 radical (unpaired) electrons. The van der Waals surface area contributed by atoms with Crippen LogP contribution in [0.15, 0.2) is 18.2 Å². The second-order valence-electron chi connectivity index (χ2n) is 6.96. The maximum atomic E-state index is 12.0. The number of carboxylic acid groups (broad SMARTS) is 1. The van der Waals surface area contributed by atoms with E-state index >= 15 is 0 Å². The summed E-state index contributed by atoms with van der Waals surface area (Å²) in [5.74, 6) is -0.467. The average Bonchev–Trinajstić information content (AvgIpc) is 2.72. The van der Waals surface area contributed by atoms with Crippen molar-refractivity contribution in [3.05, 3.63) is 28.8 Å². The SMILES string of the molecule is CCCCCCCN(CCOc1ccc(CC(OCC)C(=O)O)c(Cl)c1)C(=O)OC. The molecular weight excluding hydrogens is 410 g/mol. The number of carbonyl (C=O) groups excluding carboxylic acids is 1. The van der Waals surface area contributed by atoms with Crippen molar-refractivity contribution >= 4 is 23.7 Å². The van der Waals surface area contributed by atoms with Gasteiger partial charge in [-0.15, -0.1) is 0 Å². The highest BCUT2D eigenvalue weighted by Gasteiger charge is 2.19. The Morgan fingerprint density at radius 2 is 1.87 bits per heavy atom. The monoisotopic (exact) mass is 443 g/mol. The Kier molecular flexibility index (Phi) is 12.9. The number of unbranched alkanes of at least 4 members (excludes halogenated alkanes) is 4. The van der Waals surface area contributed by atoms with Gasteiger partial charge in [-0.3, -0.25) is 0 Å². The third-order valence-electron chi connectivity index (χ3n) is 4.67. The third-order valence-corrected chi connectivity index (χ3v) is 5.02. The Morgan fingerprint density at radius 1 is 1.13 bits per heavy atom. The van der Waals surface area contributed by atoms with Crippen LogP contribution in [0, 0.1) is 0 Å². The highest BCUT2D eigenvalue weighted by atomic mass is 35.5. The van der Waals surface area contributed by atoms with E-state index in [1.807, 2.05) is 0 Å². The Labute approximate surface area is 184 Å². The lowest BCUT2D eigenvalue weighted by atomic mass is 10.1. The smallest absolute Gasteiger partial charge is 0.409 e. The van der Waals surface area contributed by atoms with Crippen molar-refractivity contribution in [3.8, 4) is 5.75 Å². The molecule has 1 atom stereocenters. The van der Waals surface area contributed by atoms with E-state index in [4.69, 9.17) is 25.8 Å². The van der Waals surface area contributed by atoms with E-state index in [1.165, 1.54) is 26.4 Å². The van der Waals surface area contributed by atoms with Crippen LogP contribution in [0.2, 0.25) is 5.02 Å². The van der Waals surface area contributed by atoms with Gasteiger partial charge < -0.3 is 24.2 Å². The van der Waals surface area contributed by atoms with Gasteiger partial charge in [-0.05, 0) is 31.0 Å². The molecule has 7 nitrogen and oxygen atoms in total. The Morgan fingerprint density at radius 3 is 2.47 bits per heavy atom. The van der Waals surface area contributed by atoms with Crippen LogP contribution in [0.1, 0.15) is 51.5 Å². The quantitative estimate of drug-likeness (QED) is 0.392. The number of ether oxygens (including phenoxy) is 3. The van der Waals surface area contributed by atoms with Crippen LogP contribution < -0.4 is 4.74 Å². The molecule has 0 saturated carbocycles. The molecule has 1 rings (SSSR count). The van der Waals surface area contributed by atoms with Crippen LogP contribution in [-0.4, -0.2) is 61.6 Å². The first-order valence-electron chi connectivity index (χ1n) is 10.5. The van der Waals surface area contributed by atoms with Crippen LogP contribution in [0.5, 0.6) is 5.75 Å². The van der Waals surface area contributed by atoms with Crippen LogP contribution in [0.4, 0.5) is 4.79 Å². The molecule has 0 aliphatic rings. The maximum Gasteiger partial charge on any atom is 0.409 e. The number of aliphatic carboxylic acids is 1. The van der Waals surface area contributed by atoms with Crippen molar-refractivity contribution in [3.63, 3.8) is 0 Å². The molecule has 0 heterocycles. The van der Waals surface area contributed by atoms with Crippen LogP contribution >= 0.6 is 11.6 Å². The first kappa shape index (κ1) is 26.0. The molecule has 0 saturated heterocycles. The van der Waals surface area contributed by atoms with Crippen LogP contribution in [0.3, 0.4) is 0 Å². The average molecular weight is 444 g/mol. The predicted octanol–water partition coefficient (Wildman–Crippen LogP) is 4.79. The lowest BCUT2D eigenvalue weighted by Crippen LogP contribution is -2.35. The summed E-state index contributed by atoms with van der Waals surface area (Å²) in [7, 11) is 1.37. The number of carbonyl (C=O) groups is 2. The molecule has 8 heteroatoms. The second kappa shape index (κ2) is 14.9. The van der Waals surface area contributed by atoms with Crippen molar-refractivity contribution in [2.24, 2.45) is 0 Å². The molecule has 1 amide bonds. The summed E-state index contributed by atoms with van der Waals surface area (Å²) in [6.07, 6.45) is 4.44. The molecule has 1 unspecified atom stereocenters. The van der Waals surface area contributed by atoms with E-state index in [0.717, 1.165) is 12.8 Å². The minimum absolute atomic E-state index is 0.177. The summed E-state index contributed by atoms with van der Waals surface area (Å²) in [6, 6.07) is 5.12. The molecule has 1 N–H and O–H groups in total. The Balaban J connectivity index is 2.56. The van der Waals surface area contributed by atoms with E-state index in [2.05, 4.69) is 6.92 Å². The first-order chi connectivity index (χ1) is 14.4. The lowest BCUT2D eigenvalue weighted by molar-refractivity contribution is -0.149. The fraction of sp³-hybridized carbons (Fsp3) is 0.636. The first-order valence-corrected chi connectivity index (χ1v) is 10.9. The highest BCUT2D eigenvalue weighted by Crippen LogP contribution is 2.24. The van der Waals surface area contributed by atoms with Crippen molar-refractivity contribution in [1.82, 2.24) is 4.90 Å². The maximum absolute atomic E-state index is 12.0. The van der Waals surface area contributed by atoms with Gasteiger partial charge >= 0.3 is 12.1 Å². The van der Waals surface area contributed by atoms with Gasteiger partial charge in [0.25, 0.3) is 0 Å². The number of amides is 1. The molecule has 0 aliphatic carbocycles. The molecule has 0 bridgehead atoms. The number of benzene rings is 1. The van der Waals surface area contributed by atoms with Gasteiger partial charge in [-0.25, -0.2) is 9.59 Å². The fourth-order valence-corrected chi connectivity index (χ4v) is 3.25. The Hall–Kier alpha value is -1.99. The number of hydrogen-bond donors (Lipinski definition) is 1. The summed E-state index contributed by atoms with van der Waals surface area (Å²) in [5, 5.41) is 9.63. The fourth-order valence-electron chi connectivity index (χ4n) is 3.01. The standard InChI is InChI=1S/C22H34ClNO6/c1-4-6-7-8-9-12-24(22(27)28-3)13-14-30-18-11-10-17(19(23)16-18)15-20(21(25)26)29-5-2/h10-11,16,20H,4-9,12-15H2,1-3H3,(H,25,26). The van der Waals surface area contributed by atoms with Crippen molar-refractivity contribution in [2.45, 2.75) is 58.5 Å². The van der Waals surface area contributed by atoms with Crippen molar-refractivity contribution < 1.29 is 28.9 Å². The normalized spacial score (nSPS) is 11.7. The zero-order valence-corrected chi connectivity index (χ0v) is 19.0. The van der Waals surface area contributed by atoms with Crippen molar-refractivity contribution in [2.75, 3.05) is 33.4 Å². The lowest BCUT2D eigenvalue weighted by Gasteiger charge is -2.21. The van der Waals surface area contributed by atoms with Crippen LogP contribution in [0.25, 0.3) is 0 Å². The van der Waals surface area contributed by atoms with Gasteiger partial charge in [0.15, 0.2) is 6.10 Å². The topological polar surface area (TPSA) is 85.3 Å². The van der Waals surface area contributed by atoms with Gasteiger partial charge in [0, 0.05) is 24.6 Å². The second-order valence-corrected chi connectivity index (χ2v) is 7.37. The zero-order valence-electron chi connectivity index (χ0n) is 18.2. The number of halogens is 1. The van der Waals surface area contributed by atoms with E-state index in [-0.39, 0.29) is 12.5 Å². The number of carboxylic acids is 1. The highest BCUT2D eigenvalue weighted by molar-refractivity contribution is 6.31. The summed E-state index contributed by atoms with van der Waals surface area (Å²) in [5.41, 5.74) is 0.674. The molecule has 0 spiro atoms. The van der Waals surface area contributed by atoms with Gasteiger partial charge in [0.2, 0.25) is 0 Å². The van der Waals surface area contributed by atoms with E-state index in [9.17, 15) is 14.7 Å². The number of nitrogens with zero attached hydrogens (tertiary/aromatic N) is 1. The summed E-state index contributed by atoms with van der Waals surface area (Å²) in [6.45, 7) is 5.57. The molecule has 30 heavy (non-hydrogen) atoms. The molecule has 1 aromatic carbocycles. The van der Waals surface area contributed by atoms with Crippen molar-refractivity contribution in [1.29, 1.82) is 0 Å². The minimum Gasteiger partial charge on any atom is -0.492 e. The summed E-state index contributed by atoms with van der Waals surface area (Å²) >= 11 is 6.29. The Bertz CT molecular complexity index is 655. The third kappa shape index (κ3) is 9.67. The summed E-state index contributed by atoms with van der Waals surface area (Å²) < 4.78 is 15.8. The van der Waals surface area contributed by atoms with Gasteiger partial charge in [-0.2, -0.15) is 0 Å². The minimum atomic E-state index is -1.02. The van der Waals surface area contributed by atoms with Gasteiger partial charge in [0.05, 0.1) is 13.7 Å². The number of hydrogen-bond acceptors (Lipinski definition) is 5. The zero-order chi connectivity index (χ0) is 22.4. The molecule has 1 aromatic rings. The molecule has 0 fully saturated rings. The van der Waals surface area contributed by atoms with E-state index in [0.29, 0.717) is 42.6 Å². The van der Waals surface area contributed by atoms with E-state index < -0.39 is 12.1 Å². The molecule has 0 aliphatic heterocycles. The van der Waals surface area contributed by atoms with Gasteiger partial charge in [-0.1, -0.05) is 50.3 Å². The molecule has 170 valence electrons. The van der Waals surface area contributed by atoms with Gasteiger partial charge in [0.1, 0.15) is 12.4 Å². The number of rotatable bonds is 15. The molecular formula is C22H34ClNO6. The molecule has 0 aromatic heterocycles. The summed E-state index contributed by atoms with van der Waals surface area (Å²) in [4.78, 5) is 24.8.